The second-order valence-corrected chi connectivity index (χ2v) is 8.80. The Balaban J connectivity index is 1.91. The highest BCUT2D eigenvalue weighted by atomic mass is 32.2. The summed E-state index contributed by atoms with van der Waals surface area (Å²) in [7, 11) is -1.72. The molecule has 0 aliphatic rings. The summed E-state index contributed by atoms with van der Waals surface area (Å²) in [5.74, 6) is 0. The third kappa shape index (κ3) is 4.04. The van der Waals surface area contributed by atoms with E-state index in [4.69, 9.17) is 0 Å². The van der Waals surface area contributed by atoms with Crippen molar-refractivity contribution in [2.45, 2.75) is 6.18 Å². The fraction of sp³-hybridized carbons (Fsp3) is 0.150. The van der Waals surface area contributed by atoms with Crippen LogP contribution in [0.5, 0.6) is 0 Å². The minimum Gasteiger partial charge on any atom is -0.354 e. The van der Waals surface area contributed by atoms with Crippen molar-refractivity contribution < 1.29 is 21.6 Å². The van der Waals surface area contributed by atoms with Gasteiger partial charge in [-0.05, 0) is 35.9 Å². The largest absolute Gasteiger partial charge is 0.416 e. The van der Waals surface area contributed by atoms with E-state index in [1.165, 1.54) is 6.07 Å². The van der Waals surface area contributed by atoms with Gasteiger partial charge in [-0.15, -0.1) is 0 Å². The van der Waals surface area contributed by atoms with Gasteiger partial charge < -0.3 is 9.55 Å². The molecule has 0 spiro atoms. The van der Waals surface area contributed by atoms with Gasteiger partial charge in [-0.25, -0.2) is 13.4 Å². The van der Waals surface area contributed by atoms with Crippen LogP contribution in [0.2, 0.25) is 0 Å². The van der Waals surface area contributed by atoms with E-state index >= 15 is 0 Å². The van der Waals surface area contributed by atoms with Crippen LogP contribution >= 0.6 is 0 Å². The Morgan fingerprint density at radius 2 is 1.90 bits per heavy atom. The summed E-state index contributed by atoms with van der Waals surface area (Å²) in [5, 5.41) is 0.636. The molecule has 0 bridgehead atoms. The molecular formula is C20H17F3N4O2S. The normalized spacial score (nSPS) is 12.4. The number of aromatic nitrogens is 3. The molecule has 2 N–H and O–H groups in total. The lowest BCUT2D eigenvalue weighted by atomic mass is 10.1. The second kappa shape index (κ2) is 6.91. The fourth-order valence-corrected chi connectivity index (χ4v) is 3.84. The number of halogens is 3. The summed E-state index contributed by atoms with van der Waals surface area (Å²) in [6.07, 6.45) is -0.0329. The fourth-order valence-electron chi connectivity index (χ4n) is 3.29. The zero-order chi connectivity index (χ0) is 21.7. The second-order valence-electron chi connectivity index (χ2n) is 7.05. The predicted octanol–water partition coefficient (Wildman–Crippen LogP) is 4.63. The van der Waals surface area contributed by atoms with Gasteiger partial charge in [0.25, 0.3) is 0 Å². The van der Waals surface area contributed by atoms with Crippen LogP contribution in [-0.2, 0) is 23.2 Å². The summed E-state index contributed by atoms with van der Waals surface area (Å²) in [5.41, 5.74) is 2.29. The van der Waals surface area contributed by atoms with Gasteiger partial charge in [0.15, 0.2) is 0 Å². The number of sulfonamides is 1. The van der Waals surface area contributed by atoms with E-state index < -0.39 is 21.8 Å². The Labute approximate surface area is 170 Å². The van der Waals surface area contributed by atoms with E-state index in [0.717, 1.165) is 18.4 Å². The molecule has 2 aromatic heterocycles. The van der Waals surface area contributed by atoms with Gasteiger partial charge in [-0.1, -0.05) is 12.1 Å². The number of fused-ring (bicyclic) bond motifs is 1. The molecule has 156 valence electrons. The summed E-state index contributed by atoms with van der Waals surface area (Å²) in [6.45, 7) is 0. The van der Waals surface area contributed by atoms with Gasteiger partial charge in [-0.3, -0.25) is 4.72 Å². The first-order chi connectivity index (χ1) is 14.0. The first kappa shape index (κ1) is 20.0. The van der Waals surface area contributed by atoms with Crippen molar-refractivity contribution in [3.63, 3.8) is 0 Å². The molecule has 0 aliphatic carbocycles. The number of alkyl halides is 3. The number of aromatic amines is 1. The molecule has 4 rings (SSSR count). The zero-order valence-electron chi connectivity index (χ0n) is 15.9. The number of benzene rings is 2. The molecule has 4 aromatic rings. The first-order valence-electron chi connectivity index (χ1n) is 8.80. The number of nitrogens with zero attached hydrogens (tertiary/aromatic N) is 2. The quantitative estimate of drug-likeness (QED) is 0.492. The highest BCUT2D eigenvalue weighted by molar-refractivity contribution is 7.92. The summed E-state index contributed by atoms with van der Waals surface area (Å²) in [4.78, 5) is 7.48. The van der Waals surface area contributed by atoms with Crippen LogP contribution in [0.15, 0.2) is 55.0 Å². The molecule has 2 aromatic carbocycles. The minimum atomic E-state index is -4.45. The Hall–Kier alpha value is -3.27. The Morgan fingerprint density at radius 3 is 2.53 bits per heavy atom. The Bertz CT molecular complexity index is 1350. The molecule has 0 atom stereocenters. The minimum absolute atomic E-state index is 0.334. The molecule has 6 nitrogen and oxygen atoms in total. The highest BCUT2D eigenvalue weighted by Gasteiger charge is 2.30. The third-order valence-electron chi connectivity index (χ3n) is 4.51. The maximum atomic E-state index is 13.1. The molecule has 0 saturated carbocycles. The molecule has 0 fully saturated rings. The number of hydrogen-bond acceptors (Lipinski definition) is 3. The lowest BCUT2D eigenvalue weighted by Crippen LogP contribution is -2.09. The SMILES string of the molecule is Cn1cnc(-c2cc(NS(C)(=O)=O)cc3cc(-c4cccc(C(F)(F)F)c4)[nH]c23)c1. The molecule has 2 heterocycles. The lowest BCUT2D eigenvalue weighted by molar-refractivity contribution is -0.137. The molecule has 0 amide bonds. The van der Waals surface area contributed by atoms with E-state index in [2.05, 4.69) is 14.7 Å². The van der Waals surface area contributed by atoms with E-state index in [1.54, 1.807) is 48.4 Å². The van der Waals surface area contributed by atoms with Crippen molar-refractivity contribution in [1.82, 2.24) is 14.5 Å². The molecular weight excluding hydrogens is 417 g/mol. The van der Waals surface area contributed by atoms with Gasteiger partial charge in [0.1, 0.15) is 0 Å². The van der Waals surface area contributed by atoms with Crippen LogP contribution < -0.4 is 4.72 Å². The zero-order valence-corrected chi connectivity index (χ0v) is 16.8. The molecule has 0 radical (unpaired) electrons. The van der Waals surface area contributed by atoms with Gasteiger partial charge in [-0.2, -0.15) is 13.2 Å². The molecule has 0 aliphatic heterocycles. The van der Waals surface area contributed by atoms with Gasteiger partial charge in [0.2, 0.25) is 10.0 Å². The van der Waals surface area contributed by atoms with Crippen molar-refractivity contribution in [3.05, 3.63) is 60.6 Å². The average Bonchev–Trinajstić information content (AvgIpc) is 3.25. The van der Waals surface area contributed by atoms with E-state index in [9.17, 15) is 21.6 Å². The standard InChI is InChI=1S/C20H17F3N4O2S/c1-27-10-18(24-11-27)16-9-15(26-30(2,28)29)7-13-8-17(25-19(13)16)12-4-3-5-14(6-12)20(21,22)23/h3-11,25-26H,1-2H3. The van der Waals surface area contributed by atoms with Crippen molar-refractivity contribution in [3.8, 4) is 22.5 Å². The molecule has 10 heteroatoms. The molecule has 0 unspecified atom stereocenters. The van der Waals surface area contributed by atoms with Crippen LogP contribution in [0.3, 0.4) is 0 Å². The van der Waals surface area contributed by atoms with Gasteiger partial charge >= 0.3 is 6.18 Å². The maximum Gasteiger partial charge on any atom is 0.416 e. The average molecular weight is 434 g/mol. The number of imidazole rings is 1. The number of aryl methyl sites for hydroxylation is 1. The first-order valence-corrected chi connectivity index (χ1v) is 10.7. The Morgan fingerprint density at radius 1 is 1.13 bits per heavy atom. The number of anilines is 1. The Kier molecular flexibility index (Phi) is 4.61. The number of nitrogens with one attached hydrogen (secondary N) is 2. The van der Waals surface area contributed by atoms with Gasteiger partial charge in [0, 0.05) is 35.6 Å². The van der Waals surface area contributed by atoms with Crippen LogP contribution in [-0.4, -0.2) is 29.2 Å². The third-order valence-corrected chi connectivity index (χ3v) is 5.12. The van der Waals surface area contributed by atoms with Crippen LogP contribution in [0.1, 0.15) is 5.56 Å². The van der Waals surface area contributed by atoms with Crippen molar-refractivity contribution in [1.29, 1.82) is 0 Å². The highest BCUT2D eigenvalue weighted by Crippen LogP contribution is 2.36. The van der Waals surface area contributed by atoms with Crippen molar-refractivity contribution >= 4 is 26.6 Å². The maximum absolute atomic E-state index is 13.1. The number of hydrogen-bond donors (Lipinski definition) is 2. The molecule has 0 saturated heterocycles. The van der Waals surface area contributed by atoms with Crippen molar-refractivity contribution in [2.24, 2.45) is 7.05 Å². The summed E-state index contributed by atoms with van der Waals surface area (Å²) in [6, 6.07) is 9.95. The van der Waals surface area contributed by atoms with Gasteiger partial charge in [0.05, 0.1) is 29.4 Å². The summed E-state index contributed by atoms with van der Waals surface area (Å²) >= 11 is 0. The van der Waals surface area contributed by atoms with E-state index in [-0.39, 0.29) is 0 Å². The van der Waals surface area contributed by atoms with Crippen molar-refractivity contribution in [2.75, 3.05) is 11.0 Å². The summed E-state index contributed by atoms with van der Waals surface area (Å²) < 4.78 is 66.9. The number of H-pyrrole nitrogens is 1. The van der Waals surface area contributed by atoms with Crippen LogP contribution in [0.4, 0.5) is 18.9 Å². The lowest BCUT2D eigenvalue weighted by Gasteiger charge is -2.08. The predicted molar refractivity (Wildman–Crippen MR) is 109 cm³/mol. The smallest absolute Gasteiger partial charge is 0.354 e. The van der Waals surface area contributed by atoms with E-state index in [1.807, 2.05) is 0 Å². The van der Waals surface area contributed by atoms with Crippen LogP contribution in [0, 0.1) is 0 Å². The monoisotopic (exact) mass is 434 g/mol. The molecule has 30 heavy (non-hydrogen) atoms. The number of rotatable bonds is 4. The topological polar surface area (TPSA) is 79.8 Å². The van der Waals surface area contributed by atoms with E-state index in [0.29, 0.717) is 39.1 Å². The van der Waals surface area contributed by atoms with Crippen LogP contribution in [0.25, 0.3) is 33.4 Å².